The lowest BCUT2D eigenvalue weighted by Crippen LogP contribution is -2.22. The first-order valence-electron chi connectivity index (χ1n) is 6.74. The van der Waals surface area contributed by atoms with E-state index in [-0.39, 0.29) is 6.04 Å². The lowest BCUT2D eigenvalue weighted by Gasteiger charge is -2.20. The van der Waals surface area contributed by atoms with E-state index in [0.29, 0.717) is 0 Å². The zero-order chi connectivity index (χ0) is 14.5. The van der Waals surface area contributed by atoms with Crippen molar-refractivity contribution in [2.45, 2.75) is 25.9 Å². The molecule has 2 rings (SSSR count). The Hall–Kier alpha value is -1.33. The van der Waals surface area contributed by atoms with Gasteiger partial charge in [-0.3, -0.25) is 4.68 Å². The predicted octanol–water partition coefficient (Wildman–Crippen LogP) is 3.37. The molecule has 4 nitrogen and oxygen atoms in total. The monoisotopic (exact) mass is 337 g/mol. The van der Waals surface area contributed by atoms with E-state index in [2.05, 4.69) is 39.3 Å². The number of aromatic nitrogens is 2. The van der Waals surface area contributed by atoms with Crippen LogP contribution in [0.2, 0.25) is 0 Å². The van der Waals surface area contributed by atoms with Crippen LogP contribution in [-0.2, 0) is 6.54 Å². The molecule has 108 valence electrons. The normalized spacial score (nSPS) is 12.4. The van der Waals surface area contributed by atoms with Crippen LogP contribution >= 0.6 is 15.9 Å². The fourth-order valence-corrected chi connectivity index (χ4v) is 2.88. The largest absolute Gasteiger partial charge is 0.493 e. The molecular weight excluding hydrogens is 318 g/mol. The third-order valence-electron chi connectivity index (χ3n) is 3.28. The average Bonchev–Trinajstić information content (AvgIpc) is 2.85. The highest BCUT2D eigenvalue weighted by Gasteiger charge is 2.23. The highest BCUT2D eigenvalue weighted by molar-refractivity contribution is 9.10. The topological polar surface area (TPSA) is 39.1 Å². The van der Waals surface area contributed by atoms with Gasteiger partial charge in [0.2, 0.25) is 0 Å². The number of nitrogens with zero attached hydrogens (tertiary/aromatic N) is 2. The van der Waals surface area contributed by atoms with E-state index in [4.69, 9.17) is 4.74 Å². The van der Waals surface area contributed by atoms with Crippen LogP contribution in [0.25, 0.3) is 0 Å². The molecule has 0 aliphatic rings. The number of hydrogen-bond acceptors (Lipinski definition) is 3. The molecule has 1 atom stereocenters. The Labute approximate surface area is 128 Å². The molecule has 1 aromatic heterocycles. The van der Waals surface area contributed by atoms with Gasteiger partial charge in [-0.25, -0.2) is 0 Å². The predicted molar refractivity (Wildman–Crippen MR) is 84.1 cm³/mol. The van der Waals surface area contributed by atoms with Crippen LogP contribution < -0.4 is 10.1 Å². The highest BCUT2D eigenvalue weighted by atomic mass is 79.9. The molecule has 0 amide bonds. The second-order valence-electron chi connectivity index (χ2n) is 4.56. The Kier molecular flexibility index (Phi) is 5.20. The molecule has 0 aliphatic heterocycles. The van der Waals surface area contributed by atoms with Gasteiger partial charge in [0.15, 0.2) is 5.75 Å². The van der Waals surface area contributed by atoms with Gasteiger partial charge < -0.3 is 10.1 Å². The molecule has 1 N–H and O–H groups in total. The molecule has 0 aliphatic carbocycles. The third kappa shape index (κ3) is 2.88. The van der Waals surface area contributed by atoms with Crippen molar-refractivity contribution in [2.24, 2.45) is 0 Å². The van der Waals surface area contributed by atoms with E-state index < -0.39 is 0 Å². The second kappa shape index (κ2) is 6.90. The lowest BCUT2D eigenvalue weighted by molar-refractivity contribution is 0.400. The van der Waals surface area contributed by atoms with Crippen molar-refractivity contribution >= 4 is 15.9 Å². The van der Waals surface area contributed by atoms with Crippen molar-refractivity contribution < 1.29 is 4.74 Å². The van der Waals surface area contributed by atoms with Gasteiger partial charge in [0.25, 0.3) is 0 Å². The van der Waals surface area contributed by atoms with Gasteiger partial charge in [-0.1, -0.05) is 41.1 Å². The van der Waals surface area contributed by atoms with E-state index >= 15 is 0 Å². The van der Waals surface area contributed by atoms with Gasteiger partial charge in [0, 0.05) is 11.0 Å². The molecule has 5 heteroatoms. The smallest absolute Gasteiger partial charge is 0.161 e. The number of rotatable bonds is 6. The van der Waals surface area contributed by atoms with Crippen LogP contribution in [0.1, 0.15) is 30.6 Å². The Morgan fingerprint density at radius 1 is 1.40 bits per heavy atom. The zero-order valence-corrected chi connectivity index (χ0v) is 13.6. The number of hydrogen-bond donors (Lipinski definition) is 1. The van der Waals surface area contributed by atoms with Gasteiger partial charge in [-0.15, -0.1) is 0 Å². The van der Waals surface area contributed by atoms with Gasteiger partial charge in [-0.05, 0) is 25.1 Å². The number of nitrogens with one attached hydrogen (secondary N) is 1. The average molecular weight is 338 g/mol. The Morgan fingerprint density at radius 3 is 2.75 bits per heavy atom. The van der Waals surface area contributed by atoms with Crippen molar-refractivity contribution in [2.75, 3.05) is 14.2 Å². The third-order valence-corrected chi connectivity index (χ3v) is 4.00. The molecule has 0 saturated heterocycles. The summed E-state index contributed by atoms with van der Waals surface area (Å²) in [4.78, 5) is 0. The van der Waals surface area contributed by atoms with E-state index in [0.717, 1.165) is 28.9 Å². The number of halogens is 1. The first-order valence-corrected chi connectivity index (χ1v) is 7.53. The van der Waals surface area contributed by atoms with Crippen molar-refractivity contribution in [1.29, 1.82) is 0 Å². The van der Waals surface area contributed by atoms with Crippen molar-refractivity contribution in [3.8, 4) is 5.75 Å². The minimum absolute atomic E-state index is 0.0366. The summed E-state index contributed by atoms with van der Waals surface area (Å²) in [5.41, 5.74) is 2.23. The van der Waals surface area contributed by atoms with Gasteiger partial charge in [-0.2, -0.15) is 5.10 Å². The van der Waals surface area contributed by atoms with Crippen LogP contribution in [0.3, 0.4) is 0 Å². The zero-order valence-electron chi connectivity index (χ0n) is 12.1. The number of methoxy groups -OCH3 is 1. The first-order chi connectivity index (χ1) is 9.72. The fraction of sp³-hybridized carbons (Fsp3) is 0.400. The van der Waals surface area contributed by atoms with Crippen molar-refractivity contribution in [3.63, 3.8) is 0 Å². The van der Waals surface area contributed by atoms with Crippen molar-refractivity contribution in [1.82, 2.24) is 15.1 Å². The highest BCUT2D eigenvalue weighted by Crippen LogP contribution is 2.33. The maximum atomic E-state index is 5.48. The van der Waals surface area contributed by atoms with Gasteiger partial charge in [0.05, 0.1) is 19.3 Å². The summed E-state index contributed by atoms with van der Waals surface area (Å²) < 4.78 is 8.57. The maximum Gasteiger partial charge on any atom is 0.161 e. The summed E-state index contributed by atoms with van der Waals surface area (Å²) in [7, 11) is 3.64. The standard InChI is InChI=1S/C15H20BrN3O/c1-4-9-19-15(13(20-3)10-18-19)14(17-2)11-7-5-6-8-12(11)16/h5-8,10,14,17H,4,9H2,1-3H3. The molecule has 0 bridgehead atoms. The molecule has 0 fully saturated rings. The molecule has 0 saturated carbocycles. The quantitative estimate of drug-likeness (QED) is 0.878. The molecule has 1 aromatic carbocycles. The van der Waals surface area contributed by atoms with E-state index in [1.54, 1.807) is 13.3 Å². The summed E-state index contributed by atoms with van der Waals surface area (Å²) in [5, 5.41) is 7.80. The van der Waals surface area contributed by atoms with Crippen LogP contribution in [0.4, 0.5) is 0 Å². The SMILES string of the molecule is CCCn1ncc(OC)c1C(NC)c1ccccc1Br. The minimum Gasteiger partial charge on any atom is -0.493 e. The molecular formula is C15H20BrN3O. The van der Waals surface area contributed by atoms with Crippen LogP contribution in [0.15, 0.2) is 34.9 Å². The molecule has 0 spiro atoms. The van der Waals surface area contributed by atoms with Crippen LogP contribution in [0, 0.1) is 0 Å². The molecule has 20 heavy (non-hydrogen) atoms. The molecule has 2 aromatic rings. The van der Waals surface area contributed by atoms with Crippen molar-refractivity contribution in [3.05, 3.63) is 46.2 Å². The van der Waals surface area contributed by atoms with Gasteiger partial charge >= 0.3 is 0 Å². The second-order valence-corrected chi connectivity index (χ2v) is 5.42. The summed E-state index contributed by atoms with van der Waals surface area (Å²) in [5.74, 6) is 0.813. The summed E-state index contributed by atoms with van der Waals surface area (Å²) in [6, 6.07) is 8.24. The lowest BCUT2D eigenvalue weighted by atomic mass is 10.0. The fourth-order valence-electron chi connectivity index (χ4n) is 2.36. The van der Waals surface area contributed by atoms with Crippen LogP contribution in [0.5, 0.6) is 5.75 Å². The minimum atomic E-state index is 0.0366. The summed E-state index contributed by atoms with van der Waals surface area (Å²) in [6.07, 6.45) is 2.82. The summed E-state index contributed by atoms with van der Waals surface area (Å²) in [6.45, 7) is 3.02. The Morgan fingerprint density at radius 2 is 2.15 bits per heavy atom. The van der Waals surface area contributed by atoms with E-state index in [1.165, 1.54) is 5.56 Å². The first kappa shape index (κ1) is 15.1. The van der Waals surface area contributed by atoms with Gasteiger partial charge in [0.1, 0.15) is 5.69 Å². The maximum absolute atomic E-state index is 5.48. The van der Waals surface area contributed by atoms with E-state index in [1.807, 2.05) is 29.9 Å². The number of ether oxygens (including phenoxy) is 1. The molecule has 1 heterocycles. The number of benzene rings is 1. The summed E-state index contributed by atoms with van der Waals surface area (Å²) >= 11 is 3.62. The Balaban J connectivity index is 2.51. The Bertz CT molecular complexity index is 568. The molecule has 1 unspecified atom stereocenters. The number of aryl methyl sites for hydroxylation is 1. The molecule has 0 radical (unpaired) electrons. The van der Waals surface area contributed by atoms with Crippen LogP contribution in [-0.4, -0.2) is 23.9 Å². The van der Waals surface area contributed by atoms with E-state index in [9.17, 15) is 0 Å².